The van der Waals surface area contributed by atoms with Crippen LogP contribution < -0.4 is 0 Å². The Morgan fingerprint density at radius 1 is 0.645 bits per heavy atom. The van der Waals surface area contributed by atoms with E-state index >= 15 is 0 Å². The molecule has 1 aliphatic heterocycles. The summed E-state index contributed by atoms with van der Waals surface area (Å²) < 4.78 is 2.62. The maximum atomic E-state index is 2.62. The maximum absolute atomic E-state index is 2.62. The predicted octanol–water partition coefficient (Wildman–Crippen LogP) is 7.93. The van der Waals surface area contributed by atoms with Crippen molar-refractivity contribution in [2.45, 2.75) is 70.8 Å². The molecule has 3 aromatic carbocycles. The number of rotatable bonds is 5. The minimum Gasteiger partial charge on any atom is -0.192 e. The van der Waals surface area contributed by atoms with Crippen molar-refractivity contribution >= 4 is 11.9 Å². The number of nitrogens with zero attached hydrogens (tertiary/aromatic N) is 1. The first-order valence-corrected chi connectivity index (χ1v) is 11.7. The number of hydrogen-bond acceptors (Lipinski definition) is 0. The highest BCUT2D eigenvalue weighted by Crippen LogP contribution is 2.49. The van der Waals surface area contributed by atoms with Gasteiger partial charge >= 0.3 is 0 Å². The molecular weight excluding hydrogens is 374 g/mol. The highest BCUT2D eigenvalue weighted by Gasteiger charge is 2.54. The van der Waals surface area contributed by atoms with Crippen LogP contribution in [0.4, 0.5) is 5.69 Å². The van der Waals surface area contributed by atoms with Crippen molar-refractivity contribution in [3.8, 4) is 0 Å². The molecular formula is C30H36N+. The molecule has 0 aromatic heterocycles. The van der Waals surface area contributed by atoms with Gasteiger partial charge in [0.1, 0.15) is 0 Å². The summed E-state index contributed by atoms with van der Waals surface area (Å²) in [6.45, 7) is 14.1. The van der Waals surface area contributed by atoms with Gasteiger partial charge in [0.15, 0.2) is 11.8 Å². The second-order valence-corrected chi connectivity index (χ2v) is 10.2. The first-order valence-electron chi connectivity index (χ1n) is 11.7. The average Bonchev–Trinajstić information content (AvgIpc) is 3.07. The predicted molar refractivity (Wildman–Crippen MR) is 133 cm³/mol. The van der Waals surface area contributed by atoms with Gasteiger partial charge in [-0.1, -0.05) is 107 Å². The zero-order valence-corrected chi connectivity index (χ0v) is 19.9. The lowest BCUT2D eigenvalue weighted by Gasteiger charge is -2.28. The van der Waals surface area contributed by atoms with Gasteiger partial charge in [-0.05, 0) is 24.3 Å². The van der Waals surface area contributed by atoms with E-state index in [4.69, 9.17) is 0 Å². The van der Waals surface area contributed by atoms with E-state index in [-0.39, 0.29) is 11.0 Å². The van der Waals surface area contributed by atoms with Gasteiger partial charge in [-0.2, -0.15) is 4.58 Å². The lowest BCUT2D eigenvalue weighted by molar-refractivity contribution is -0.527. The maximum Gasteiger partial charge on any atom is 0.212 e. The molecule has 1 aliphatic rings. The summed E-state index contributed by atoms with van der Waals surface area (Å²) in [5.74, 6) is 0.927. The minimum atomic E-state index is -0.125. The zero-order chi connectivity index (χ0) is 22.2. The Morgan fingerprint density at radius 3 is 1.61 bits per heavy atom. The van der Waals surface area contributed by atoms with E-state index in [1.165, 1.54) is 27.9 Å². The van der Waals surface area contributed by atoms with Crippen LogP contribution >= 0.6 is 0 Å². The van der Waals surface area contributed by atoms with Gasteiger partial charge in [0.2, 0.25) is 5.69 Å². The van der Waals surface area contributed by atoms with Gasteiger partial charge < -0.3 is 0 Å². The van der Waals surface area contributed by atoms with E-state index in [9.17, 15) is 0 Å². The molecule has 0 aliphatic carbocycles. The third-order valence-corrected chi connectivity index (χ3v) is 7.07. The van der Waals surface area contributed by atoms with Crippen LogP contribution in [0.5, 0.6) is 0 Å². The molecule has 2 unspecified atom stereocenters. The lowest BCUT2D eigenvalue weighted by Crippen LogP contribution is -2.32. The molecule has 0 saturated heterocycles. The molecule has 1 heteroatoms. The van der Waals surface area contributed by atoms with Crippen LogP contribution in [0.15, 0.2) is 78.9 Å². The van der Waals surface area contributed by atoms with Gasteiger partial charge in [-0.25, -0.2) is 0 Å². The van der Waals surface area contributed by atoms with Gasteiger partial charge in [0.05, 0.1) is 5.41 Å². The Balaban J connectivity index is 2.02. The van der Waals surface area contributed by atoms with Crippen LogP contribution in [0, 0.1) is 0 Å². The van der Waals surface area contributed by atoms with Gasteiger partial charge in [-0.15, -0.1) is 0 Å². The summed E-state index contributed by atoms with van der Waals surface area (Å²) in [6.07, 6.45) is 3.56. The molecule has 0 saturated carbocycles. The van der Waals surface area contributed by atoms with Crippen molar-refractivity contribution in [1.29, 1.82) is 0 Å². The minimum absolute atomic E-state index is 0.0375. The van der Waals surface area contributed by atoms with Gasteiger partial charge in [0.25, 0.3) is 0 Å². The van der Waals surface area contributed by atoms with E-state index in [1.807, 2.05) is 0 Å². The molecule has 1 nitrogen and oxygen atoms in total. The third-order valence-electron chi connectivity index (χ3n) is 7.07. The lowest BCUT2D eigenvalue weighted by atomic mass is 9.74. The van der Waals surface area contributed by atoms with E-state index in [1.54, 1.807) is 0 Å². The summed E-state index contributed by atoms with van der Waals surface area (Å²) in [7, 11) is 0. The molecule has 4 rings (SSSR count). The number of benzene rings is 3. The van der Waals surface area contributed by atoms with E-state index in [0.29, 0.717) is 11.8 Å². The van der Waals surface area contributed by atoms with E-state index < -0.39 is 0 Å². The van der Waals surface area contributed by atoms with Crippen molar-refractivity contribution in [2.75, 3.05) is 0 Å². The Labute approximate surface area is 188 Å². The molecule has 0 N–H and O–H groups in total. The van der Waals surface area contributed by atoms with Crippen molar-refractivity contribution in [3.05, 3.63) is 101 Å². The number of hydrogen-bond donors (Lipinski definition) is 0. The normalized spacial score (nSPS) is 23.4. The second-order valence-electron chi connectivity index (χ2n) is 10.2. The summed E-state index contributed by atoms with van der Waals surface area (Å²) in [5.41, 5.74) is 6.86. The average molecular weight is 411 g/mol. The fraction of sp³-hybridized carbons (Fsp3) is 0.367. The van der Waals surface area contributed by atoms with Crippen molar-refractivity contribution < 1.29 is 4.58 Å². The van der Waals surface area contributed by atoms with Crippen LogP contribution in [-0.2, 0) is 11.0 Å². The molecule has 0 fully saturated rings. The Hall–Kier alpha value is -2.67. The van der Waals surface area contributed by atoms with Crippen LogP contribution in [-0.4, -0.2) is 10.8 Å². The standard InChI is InChI=1S/C30H36N/c1-22(2)26-18-13-19-27(23(3)4)28(26)31-21-29(5,24-14-9-7-10-15-24)20-30(31,6)25-16-11-8-12-17-25/h7-19,21-23H,20H2,1-6H3/q+1. The van der Waals surface area contributed by atoms with Crippen molar-refractivity contribution in [3.63, 3.8) is 0 Å². The van der Waals surface area contributed by atoms with Crippen LogP contribution in [0.25, 0.3) is 0 Å². The SMILES string of the molecule is CC(C)c1cccc(C(C)C)c1[N+]1=CC(C)(c2ccccc2)CC1(C)c1ccccc1. The first kappa shape index (κ1) is 21.6. The van der Waals surface area contributed by atoms with Crippen LogP contribution in [0.3, 0.4) is 0 Å². The molecule has 3 aromatic rings. The molecule has 31 heavy (non-hydrogen) atoms. The zero-order valence-electron chi connectivity index (χ0n) is 19.9. The fourth-order valence-corrected chi connectivity index (χ4v) is 5.41. The monoisotopic (exact) mass is 410 g/mol. The molecule has 160 valence electrons. The molecule has 0 amide bonds. The third kappa shape index (κ3) is 3.76. The Bertz CT molecular complexity index is 1050. The molecule has 0 spiro atoms. The number of para-hydroxylation sites is 1. The van der Waals surface area contributed by atoms with E-state index in [2.05, 4.69) is 131 Å². The van der Waals surface area contributed by atoms with Crippen molar-refractivity contribution in [2.24, 2.45) is 0 Å². The summed E-state index contributed by atoms with van der Waals surface area (Å²) >= 11 is 0. The van der Waals surface area contributed by atoms with Crippen molar-refractivity contribution in [1.82, 2.24) is 0 Å². The summed E-state index contributed by atoms with van der Waals surface area (Å²) in [5, 5.41) is 0. The summed E-state index contributed by atoms with van der Waals surface area (Å²) in [6, 6.07) is 28.9. The second kappa shape index (κ2) is 8.11. The topological polar surface area (TPSA) is 3.01 Å². The van der Waals surface area contributed by atoms with Crippen LogP contribution in [0.2, 0.25) is 0 Å². The fourth-order valence-electron chi connectivity index (χ4n) is 5.41. The largest absolute Gasteiger partial charge is 0.212 e. The highest BCUT2D eigenvalue weighted by molar-refractivity contribution is 5.74. The molecule has 0 bridgehead atoms. The quantitative estimate of drug-likeness (QED) is 0.376. The summed E-state index contributed by atoms with van der Waals surface area (Å²) in [4.78, 5) is 0. The first-order chi connectivity index (χ1) is 14.8. The smallest absolute Gasteiger partial charge is 0.192 e. The highest BCUT2D eigenvalue weighted by atomic mass is 15.1. The van der Waals surface area contributed by atoms with Gasteiger partial charge in [-0.3, -0.25) is 0 Å². The van der Waals surface area contributed by atoms with E-state index in [0.717, 1.165) is 6.42 Å². The molecule has 0 radical (unpaired) electrons. The van der Waals surface area contributed by atoms with Gasteiger partial charge in [0, 0.05) is 30.0 Å². The molecule has 2 atom stereocenters. The van der Waals surface area contributed by atoms with Crippen LogP contribution in [0.1, 0.15) is 82.1 Å². The Kier molecular flexibility index (Phi) is 5.64. The molecule has 1 heterocycles. The Morgan fingerprint density at radius 2 is 1.13 bits per heavy atom.